The minimum Gasteiger partial charge on any atom is -0.497 e. The molecular formula is C21H23N3O4S. The quantitative estimate of drug-likeness (QED) is 0.703. The average molecular weight is 413 g/mol. The topological polar surface area (TPSA) is 80.8 Å². The van der Waals surface area contributed by atoms with E-state index in [4.69, 9.17) is 9.47 Å². The Balaban J connectivity index is 1.45. The van der Waals surface area contributed by atoms with E-state index in [0.29, 0.717) is 24.6 Å². The van der Waals surface area contributed by atoms with Crippen LogP contribution in [-0.2, 0) is 4.74 Å². The monoisotopic (exact) mass is 413 g/mol. The summed E-state index contributed by atoms with van der Waals surface area (Å²) in [4.78, 5) is 32.4. The second kappa shape index (κ2) is 8.24. The second-order valence-corrected chi connectivity index (χ2v) is 8.02. The number of benzene rings is 1. The number of nitrogens with zero attached hydrogens (tertiary/aromatic N) is 2. The van der Waals surface area contributed by atoms with Gasteiger partial charge in [-0.1, -0.05) is 0 Å². The molecule has 4 rings (SSSR count). The predicted molar refractivity (Wildman–Crippen MR) is 113 cm³/mol. The van der Waals surface area contributed by atoms with E-state index < -0.39 is 0 Å². The Bertz CT molecular complexity index is 1060. The molecular weight excluding hydrogens is 390 g/mol. The van der Waals surface area contributed by atoms with Crippen molar-refractivity contribution in [2.45, 2.75) is 25.8 Å². The third-order valence-corrected chi connectivity index (χ3v) is 6.13. The first-order chi connectivity index (χ1) is 14.1. The molecule has 1 N–H and O–H groups in total. The molecule has 29 heavy (non-hydrogen) atoms. The summed E-state index contributed by atoms with van der Waals surface area (Å²) in [5.74, 6) is 0.664. The number of piperidine rings is 1. The molecule has 8 heteroatoms. The van der Waals surface area contributed by atoms with Crippen LogP contribution in [0.15, 0.2) is 30.3 Å². The summed E-state index contributed by atoms with van der Waals surface area (Å²) >= 11 is 1.39. The summed E-state index contributed by atoms with van der Waals surface area (Å²) in [6.07, 6.45) is 1.16. The molecule has 3 aromatic rings. The van der Waals surface area contributed by atoms with E-state index >= 15 is 0 Å². The first kappa shape index (κ1) is 19.4. The number of hydrogen-bond donors (Lipinski definition) is 1. The van der Waals surface area contributed by atoms with Crippen LogP contribution in [0.1, 0.15) is 29.4 Å². The van der Waals surface area contributed by atoms with E-state index in [1.54, 1.807) is 18.9 Å². The number of fused-ring (bicyclic) bond motifs is 2. The number of hydrogen-bond acceptors (Lipinski definition) is 6. The van der Waals surface area contributed by atoms with Gasteiger partial charge in [-0.25, -0.2) is 9.78 Å². The Hall–Kier alpha value is -2.87. The van der Waals surface area contributed by atoms with E-state index in [2.05, 4.69) is 10.3 Å². The number of aromatic nitrogens is 1. The molecule has 7 nitrogen and oxygen atoms in total. The zero-order valence-electron chi connectivity index (χ0n) is 16.4. The number of pyridine rings is 1. The fraction of sp³-hybridized carbons (Fsp3) is 0.381. The molecule has 0 unspecified atom stereocenters. The molecule has 1 aliphatic heterocycles. The fourth-order valence-electron chi connectivity index (χ4n) is 3.52. The molecule has 0 atom stereocenters. The zero-order chi connectivity index (χ0) is 20.4. The van der Waals surface area contributed by atoms with Crippen molar-refractivity contribution in [3.05, 3.63) is 35.2 Å². The SMILES string of the molecule is CCOC(=O)N1CCC(NC(=O)c2cc3cc4ccc(OC)cc4nc3s2)CC1. The number of nitrogens with one attached hydrogen (secondary N) is 1. The average Bonchev–Trinajstić information content (AvgIpc) is 3.15. The summed E-state index contributed by atoms with van der Waals surface area (Å²) in [5.41, 5.74) is 0.844. The van der Waals surface area contributed by atoms with Crippen molar-refractivity contribution in [2.24, 2.45) is 0 Å². The number of methoxy groups -OCH3 is 1. The lowest BCUT2D eigenvalue weighted by atomic mass is 10.1. The van der Waals surface area contributed by atoms with Crippen LogP contribution in [-0.4, -0.2) is 54.7 Å². The number of rotatable bonds is 4. The van der Waals surface area contributed by atoms with Crippen LogP contribution < -0.4 is 10.1 Å². The van der Waals surface area contributed by atoms with Crippen LogP contribution in [0.3, 0.4) is 0 Å². The number of ether oxygens (including phenoxy) is 2. The van der Waals surface area contributed by atoms with E-state index in [1.165, 1.54) is 11.3 Å². The highest BCUT2D eigenvalue weighted by Crippen LogP contribution is 2.29. The van der Waals surface area contributed by atoms with Gasteiger partial charge in [-0.05, 0) is 44.0 Å². The molecule has 152 valence electrons. The van der Waals surface area contributed by atoms with Crippen molar-refractivity contribution in [3.8, 4) is 5.75 Å². The molecule has 1 fully saturated rings. The van der Waals surface area contributed by atoms with Crippen molar-refractivity contribution in [1.82, 2.24) is 15.2 Å². The number of amides is 2. The molecule has 0 spiro atoms. The molecule has 0 saturated carbocycles. The van der Waals surface area contributed by atoms with Crippen molar-refractivity contribution in [1.29, 1.82) is 0 Å². The molecule has 3 heterocycles. The van der Waals surface area contributed by atoms with E-state index in [0.717, 1.165) is 39.7 Å². The Labute approximate surface area is 172 Å². The van der Waals surface area contributed by atoms with Crippen molar-refractivity contribution >= 4 is 44.5 Å². The van der Waals surface area contributed by atoms with Crippen LogP contribution in [0.2, 0.25) is 0 Å². The molecule has 0 aliphatic carbocycles. The van der Waals surface area contributed by atoms with Crippen LogP contribution in [0, 0.1) is 0 Å². The maximum absolute atomic E-state index is 12.7. The molecule has 1 aromatic carbocycles. The second-order valence-electron chi connectivity index (χ2n) is 6.99. The predicted octanol–water partition coefficient (Wildman–Crippen LogP) is 3.81. The first-order valence-corrected chi connectivity index (χ1v) is 10.5. The summed E-state index contributed by atoms with van der Waals surface area (Å²) in [6, 6.07) is 9.75. The van der Waals surface area contributed by atoms with Gasteiger partial charge in [-0.3, -0.25) is 4.79 Å². The minimum atomic E-state index is -0.281. The van der Waals surface area contributed by atoms with Gasteiger partial charge in [0.25, 0.3) is 5.91 Å². The Morgan fingerprint density at radius 2 is 2.00 bits per heavy atom. The lowest BCUT2D eigenvalue weighted by Crippen LogP contribution is -2.46. The van der Waals surface area contributed by atoms with Crippen LogP contribution in [0.25, 0.3) is 21.1 Å². The Morgan fingerprint density at radius 3 is 2.72 bits per heavy atom. The zero-order valence-corrected chi connectivity index (χ0v) is 17.3. The number of carbonyl (C=O) groups is 2. The minimum absolute atomic E-state index is 0.0506. The van der Waals surface area contributed by atoms with Gasteiger partial charge < -0.3 is 19.7 Å². The largest absolute Gasteiger partial charge is 0.497 e. The Morgan fingerprint density at radius 1 is 1.21 bits per heavy atom. The van der Waals surface area contributed by atoms with Crippen molar-refractivity contribution in [3.63, 3.8) is 0 Å². The van der Waals surface area contributed by atoms with Gasteiger partial charge in [-0.15, -0.1) is 11.3 Å². The van der Waals surface area contributed by atoms with Gasteiger partial charge in [0.1, 0.15) is 10.6 Å². The Kier molecular flexibility index (Phi) is 5.53. The lowest BCUT2D eigenvalue weighted by Gasteiger charge is -2.31. The van der Waals surface area contributed by atoms with Gasteiger partial charge in [0, 0.05) is 36.0 Å². The highest BCUT2D eigenvalue weighted by molar-refractivity contribution is 7.20. The highest BCUT2D eigenvalue weighted by atomic mass is 32.1. The summed E-state index contributed by atoms with van der Waals surface area (Å²) in [5, 5.41) is 5.05. The molecule has 0 radical (unpaired) electrons. The summed E-state index contributed by atoms with van der Waals surface area (Å²) in [6.45, 7) is 3.34. The lowest BCUT2D eigenvalue weighted by molar-refractivity contribution is 0.0863. The van der Waals surface area contributed by atoms with Crippen molar-refractivity contribution < 1.29 is 19.1 Å². The van der Waals surface area contributed by atoms with E-state index in [-0.39, 0.29) is 18.0 Å². The smallest absolute Gasteiger partial charge is 0.409 e. The number of carbonyl (C=O) groups excluding carboxylic acids is 2. The van der Waals surface area contributed by atoms with Gasteiger partial charge in [-0.2, -0.15) is 0 Å². The third kappa shape index (κ3) is 4.12. The molecule has 2 aromatic heterocycles. The van der Waals surface area contributed by atoms with Gasteiger partial charge >= 0.3 is 6.09 Å². The van der Waals surface area contributed by atoms with Crippen LogP contribution in [0.5, 0.6) is 5.75 Å². The number of thiophene rings is 1. The van der Waals surface area contributed by atoms with Crippen LogP contribution >= 0.6 is 11.3 Å². The third-order valence-electron chi connectivity index (χ3n) is 5.09. The van der Waals surface area contributed by atoms with Crippen LogP contribution in [0.4, 0.5) is 4.79 Å². The summed E-state index contributed by atoms with van der Waals surface area (Å²) in [7, 11) is 1.63. The van der Waals surface area contributed by atoms with Gasteiger partial charge in [0.15, 0.2) is 0 Å². The molecule has 1 aliphatic rings. The van der Waals surface area contributed by atoms with Gasteiger partial charge in [0.05, 0.1) is 24.1 Å². The van der Waals surface area contributed by atoms with E-state index in [9.17, 15) is 9.59 Å². The molecule has 0 bridgehead atoms. The maximum atomic E-state index is 12.7. The highest BCUT2D eigenvalue weighted by Gasteiger charge is 2.25. The standard InChI is InChI=1S/C21H23N3O4S/c1-3-28-21(26)24-8-6-15(7-9-24)22-19(25)18-11-14-10-13-4-5-16(27-2)12-17(13)23-20(14)29-18/h4-5,10-12,15H,3,6-9H2,1-2H3,(H,22,25). The summed E-state index contributed by atoms with van der Waals surface area (Å²) < 4.78 is 10.3. The fourth-order valence-corrected chi connectivity index (χ4v) is 4.45. The number of likely N-dealkylation sites (tertiary alicyclic amines) is 1. The van der Waals surface area contributed by atoms with Crippen molar-refractivity contribution in [2.75, 3.05) is 26.8 Å². The maximum Gasteiger partial charge on any atom is 0.409 e. The normalized spacial score (nSPS) is 14.9. The molecule has 2 amide bonds. The first-order valence-electron chi connectivity index (χ1n) is 9.68. The van der Waals surface area contributed by atoms with E-state index in [1.807, 2.05) is 30.3 Å². The molecule has 1 saturated heterocycles. The van der Waals surface area contributed by atoms with Gasteiger partial charge in [0.2, 0.25) is 0 Å².